The van der Waals surface area contributed by atoms with Crippen LogP contribution in [0.4, 0.5) is 11.4 Å². The Morgan fingerprint density at radius 3 is 2.54 bits per heavy atom. The van der Waals surface area contributed by atoms with Crippen LogP contribution in [-0.2, 0) is 24.0 Å². The Balaban J connectivity index is 1.43. The third-order valence-electron chi connectivity index (χ3n) is 7.17. The molecule has 220 valence electrons. The lowest BCUT2D eigenvalue weighted by Crippen LogP contribution is -2.64. The van der Waals surface area contributed by atoms with Crippen molar-refractivity contribution in [2.75, 3.05) is 13.7 Å². The van der Waals surface area contributed by atoms with Gasteiger partial charge in [-0.1, -0.05) is 18.2 Å². The van der Waals surface area contributed by atoms with E-state index in [9.17, 15) is 15.0 Å². The molecule has 3 aromatic rings. The predicted octanol–water partition coefficient (Wildman–Crippen LogP) is 4.96. The van der Waals surface area contributed by atoms with Gasteiger partial charge in [0.05, 0.1) is 16.7 Å². The van der Waals surface area contributed by atoms with Crippen molar-refractivity contribution in [1.29, 1.82) is 0 Å². The standard InChI is InChI=1S/C29H34N2O10/c1-16-19(14-13-18-22(32)21(27(34)38-24(16)18)31-30-17-10-6-5-7-11-17)37-28-25(41-40-20-12-8-9-15-36-20)23(33)26(35-4)29(2,3)39-28/h5-7,10-11,13-14,20,23,25-26,28,32-33H,8-9,12,15H2,1-4H3/t20?,23-,25+,26+,28+/m0/s1. The number of rotatable bonds is 8. The van der Waals surface area contributed by atoms with Crippen LogP contribution in [-0.4, -0.2) is 60.4 Å². The summed E-state index contributed by atoms with van der Waals surface area (Å²) >= 11 is 0. The summed E-state index contributed by atoms with van der Waals surface area (Å²) in [5.41, 5.74) is -1.15. The minimum Gasteiger partial charge on any atom is -0.505 e. The van der Waals surface area contributed by atoms with Gasteiger partial charge in [-0.3, -0.25) is 0 Å². The highest BCUT2D eigenvalue weighted by Gasteiger charge is 2.53. The Hall–Kier alpha value is -3.39. The molecule has 0 bridgehead atoms. The number of nitrogens with zero attached hydrogens (tertiary/aromatic N) is 2. The first-order valence-electron chi connectivity index (χ1n) is 13.4. The number of aliphatic hydroxyl groups excluding tert-OH is 1. The average molecular weight is 571 g/mol. The van der Waals surface area contributed by atoms with Crippen molar-refractivity contribution in [3.05, 3.63) is 58.4 Å². The van der Waals surface area contributed by atoms with E-state index in [1.54, 1.807) is 51.1 Å². The molecule has 2 saturated heterocycles. The first-order chi connectivity index (χ1) is 19.7. The highest BCUT2D eigenvalue weighted by atomic mass is 17.2. The second-order valence-corrected chi connectivity index (χ2v) is 10.5. The van der Waals surface area contributed by atoms with Crippen molar-refractivity contribution in [1.82, 2.24) is 0 Å². The molecule has 2 N–H and O–H groups in total. The van der Waals surface area contributed by atoms with Gasteiger partial charge in [0.15, 0.2) is 18.1 Å². The van der Waals surface area contributed by atoms with Crippen LogP contribution in [0.15, 0.2) is 61.9 Å². The van der Waals surface area contributed by atoms with Gasteiger partial charge in [-0.15, -0.1) is 5.11 Å². The molecule has 5 atom stereocenters. The third-order valence-corrected chi connectivity index (χ3v) is 7.17. The van der Waals surface area contributed by atoms with E-state index in [4.69, 9.17) is 33.1 Å². The number of methoxy groups -OCH3 is 1. The van der Waals surface area contributed by atoms with Crippen LogP contribution in [0.25, 0.3) is 11.0 Å². The lowest BCUT2D eigenvalue weighted by molar-refractivity contribution is -0.450. The summed E-state index contributed by atoms with van der Waals surface area (Å²) in [5.74, 6) is -0.105. The molecule has 3 heterocycles. The fraction of sp³-hybridized carbons (Fsp3) is 0.483. The summed E-state index contributed by atoms with van der Waals surface area (Å²) in [6, 6.07) is 11.9. The molecule has 0 spiro atoms. The monoisotopic (exact) mass is 570 g/mol. The molecule has 2 aromatic carbocycles. The molecule has 1 aromatic heterocycles. The highest BCUT2D eigenvalue weighted by Crippen LogP contribution is 2.39. The summed E-state index contributed by atoms with van der Waals surface area (Å²) in [4.78, 5) is 23.9. The molecule has 12 nitrogen and oxygen atoms in total. The zero-order chi connectivity index (χ0) is 29.1. The summed E-state index contributed by atoms with van der Waals surface area (Å²) in [5, 5.41) is 30.2. The molecule has 12 heteroatoms. The Bertz CT molecular complexity index is 1440. The number of fused-ring (bicyclic) bond motifs is 1. The van der Waals surface area contributed by atoms with Gasteiger partial charge >= 0.3 is 5.63 Å². The fourth-order valence-electron chi connectivity index (χ4n) is 5.01. The summed E-state index contributed by atoms with van der Waals surface area (Å²) in [6.07, 6.45) is -2.27. The number of hydrogen-bond acceptors (Lipinski definition) is 12. The average Bonchev–Trinajstić information content (AvgIpc) is 2.95. The van der Waals surface area contributed by atoms with Crippen LogP contribution in [0.5, 0.6) is 11.5 Å². The summed E-state index contributed by atoms with van der Waals surface area (Å²) in [7, 11) is 1.47. The molecule has 0 saturated carbocycles. The van der Waals surface area contributed by atoms with Crippen LogP contribution < -0.4 is 10.4 Å². The smallest absolute Gasteiger partial charge is 0.368 e. The van der Waals surface area contributed by atoms with E-state index in [1.165, 1.54) is 13.2 Å². The van der Waals surface area contributed by atoms with E-state index in [-0.39, 0.29) is 28.2 Å². The Labute approximate surface area is 236 Å². The van der Waals surface area contributed by atoms with Crippen molar-refractivity contribution in [3.8, 4) is 11.5 Å². The van der Waals surface area contributed by atoms with Crippen molar-refractivity contribution >= 4 is 22.3 Å². The molecule has 0 aliphatic carbocycles. The zero-order valence-corrected chi connectivity index (χ0v) is 23.3. The normalized spacial score (nSPS) is 26.4. The quantitative estimate of drug-likeness (QED) is 0.165. The van der Waals surface area contributed by atoms with Crippen molar-refractivity contribution in [2.24, 2.45) is 10.2 Å². The molecular weight excluding hydrogens is 536 g/mol. The minimum absolute atomic E-state index is 0.0957. The molecule has 0 amide bonds. The zero-order valence-electron chi connectivity index (χ0n) is 23.3. The molecule has 0 radical (unpaired) electrons. The largest absolute Gasteiger partial charge is 0.505 e. The minimum atomic E-state index is -1.18. The first-order valence-corrected chi connectivity index (χ1v) is 13.4. The summed E-state index contributed by atoms with van der Waals surface area (Å²) < 4.78 is 29.0. The van der Waals surface area contributed by atoms with Gasteiger partial charge in [-0.25, -0.2) is 14.6 Å². The van der Waals surface area contributed by atoms with Crippen LogP contribution in [0.3, 0.4) is 0 Å². The van der Waals surface area contributed by atoms with Gasteiger partial charge in [0.2, 0.25) is 12.0 Å². The molecule has 2 aliphatic heterocycles. The SMILES string of the molecule is CO[C@@H]1[C@@H](O)[C@@H](OOC2CCCCO2)[C@H](Oc2ccc3c(O)c(N=Nc4ccccc4)c(=O)oc3c2C)OC1(C)C. The lowest BCUT2D eigenvalue weighted by atomic mass is 9.89. The number of azo groups is 1. The molecule has 41 heavy (non-hydrogen) atoms. The van der Waals surface area contributed by atoms with Crippen molar-refractivity contribution in [3.63, 3.8) is 0 Å². The summed E-state index contributed by atoms with van der Waals surface area (Å²) in [6.45, 7) is 5.74. The first kappa shape index (κ1) is 29.1. The van der Waals surface area contributed by atoms with Gasteiger partial charge in [0.25, 0.3) is 0 Å². The maximum atomic E-state index is 12.8. The van der Waals surface area contributed by atoms with E-state index < -0.39 is 42.1 Å². The second-order valence-electron chi connectivity index (χ2n) is 10.5. The van der Waals surface area contributed by atoms with Crippen LogP contribution in [0.1, 0.15) is 38.7 Å². The maximum absolute atomic E-state index is 12.8. The maximum Gasteiger partial charge on any atom is 0.368 e. The van der Waals surface area contributed by atoms with Gasteiger partial charge in [0.1, 0.15) is 23.5 Å². The predicted molar refractivity (Wildman–Crippen MR) is 145 cm³/mol. The molecular formula is C29H34N2O10. The molecule has 1 unspecified atom stereocenters. The van der Waals surface area contributed by atoms with Crippen LogP contribution >= 0.6 is 0 Å². The number of aryl methyl sites for hydroxylation is 1. The number of hydrogen-bond donors (Lipinski definition) is 2. The van der Waals surface area contributed by atoms with Crippen LogP contribution in [0.2, 0.25) is 0 Å². The van der Waals surface area contributed by atoms with Crippen molar-refractivity contribution in [2.45, 2.75) is 76.5 Å². The topological polar surface area (TPSA) is 151 Å². The van der Waals surface area contributed by atoms with Gasteiger partial charge in [-0.2, -0.15) is 5.11 Å². The number of aromatic hydroxyl groups is 1. The van der Waals surface area contributed by atoms with E-state index in [1.807, 2.05) is 6.07 Å². The second kappa shape index (κ2) is 12.2. The molecule has 5 rings (SSSR count). The Kier molecular flexibility index (Phi) is 8.68. The highest BCUT2D eigenvalue weighted by molar-refractivity contribution is 5.90. The van der Waals surface area contributed by atoms with Gasteiger partial charge < -0.3 is 33.6 Å². The van der Waals surface area contributed by atoms with E-state index >= 15 is 0 Å². The Morgan fingerprint density at radius 1 is 1.05 bits per heavy atom. The molecule has 2 aliphatic rings. The van der Waals surface area contributed by atoms with E-state index in [0.29, 0.717) is 24.3 Å². The molecule has 2 fully saturated rings. The number of aliphatic hydroxyl groups is 1. The van der Waals surface area contributed by atoms with E-state index in [0.717, 1.165) is 12.8 Å². The number of ether oxygens (including phenoxy) is 4. The Morgan fingerprint density at radius 2 is 1.83 bits per heavy atom. The van der Waals surface area contributed by atoms with Crippen molar-refractivity contribution < 1.29 is 43.4 Å². The van der Waals surface area contributed by atoms with Crippen LogP contribution in [0, 0.1) is 6.92 Å². The number of benzene rings is 2. The third kappa shape index (κ3) is 6.13. The van der Waals surface area contributed by atoms with Gasteiger partial charge in [0, 0.05) is 25.7 Å². The van der Waals surface area contributed by atoms with E-state index in [2.05, 4.69) is 10.2 Å². The fourth-order valence-corrected chi connectivity index (χ4v) is 5.01. The van der Waals surface area contributed by atoms with Gasteiger partial charge in [-0.05, 0) is 57.9 Å². The lowest BCUT2D eigenvalue weighted by Gasteiger charge is -2.47.